The first-order chi connectivity index (χ1) is 13.3. The Morgan fingerprint density at radius 1 is 0.852 bits per heavy atom. The number of aromatic nitrogens is 2. The summed E-state index contributed by atoms with van der Waals surface area (Å²) >= 11 is 0. The molecule has 1 aliphatic heterocycles. The quantitative estimate of drug-likeness (QED) is 0.746. The molecule has 0 atom stereocenters. The van der Waals surface area contributed by atoms with E-state index in [1.807, 2.05) is 30.3 Å². The summed E-state index contributed by atoms with van der Waals surface area (Å²) < 4.78 is 5.45. The Labute approximate surface area is 163 Å². The van der Waals surface area contributed by atoms with Gasteiger partial charge in [0, 0.05) is 51.3 Å². The lowest BCUT2D eigenvalue weighted by molar-refractivity contribution is 0.219. The van der Waals surface area contributed by atoms with Crippen molar-refractivity contribution in [2.45, 2.75) is 26.7 Å². The van der Waals surface area contributed by atoms with Crippen LogP contribution in [0.15, 0.2) is 34.9 Å². The third-order valence-corrected chi connectivity index (χ3v) is 5.46. The van der Waals surface area contributed by atoms with E-state index in [0.29, 0.717) is 5.82 Å². The van der Waals surface area contributed by atoms with Crippen molar-refractivity contribution in [3.05, 3.63) is 36.2 Å². The van der Waals surface area contributed by atoms with Gasteiger partial charge in [-0.15, -0.1) is 0 Å². The molecule has 148 valence electrons. The van der Waals surface area contributed by atoms with Crippen LogP contribution in [0.5, 0.6) is 0 Å². The van der Waals surface area contributed by atoms with Crippen LogP contribution in [0.4, 0.5) is 0 Å². The van der Waals surface area contributed by atoms with Crippen molar-refractivity contribution in [1.82, 2.24) is 24.8 Å². The zero-order valence-corrected chi connectivity index (χ0v) is 16.8. The number of rotatable bonds is 7. The minimum atomic E-state index is 0.686. The molecule has 0 aliphatic carbocycles. The Bertz CT molecular complexity index is 644. The van der Waals surface area contributed by atoms with Gasteiger partial charge in [-0.1, -0.05) is 49.3 Å². The molecule has 0 saturated carbocycles. The minimum Gasteiger partial charge on any atom is -0.339 e. The maximum absolute atomic E-state index is 5.45. The van der Waals surface area contributed by atoms with Crippen LogP contribution in [0.2, 0.25) is 0 Å². The first-order valence-electron chi connectivity index (χ1n) is 10.3. The molecule has 1 saturated heterocycles. The van der Waals surface area contributed by atoms with Crippen LogP contribution in [-0.4, -0.2) is 83.7 Å². The monoisotopic (exact) mass is 371 g/mol. The van der Waals surface area contributed by atoms with E-state index < -0.39 is 0 Å². The van der Waals surface area contributed by atoms with Crippen LogP contribution in [0.25, 0.3) is 11.4 Å². The van der Waals surface area contributed by atoms with Gasteiger partial charge in [-0.2, -0.15) is 4.98 Å². The molecular weight excluding hydrogens is 338 g/mol. The zero-order valence-electron chi connectivity index (χ0n) is 16.8. The topological polar surface area (TPSA) is 48.6 Å². The number of likely N-dealkylation sites (N-methyl/N-ethyl adjacent to an activating group) is 2. The van der Waals surface area contributed by atoms with Crippen LogP contribution >= 0.6 is 0 Å². The van der Waals surface area contributed by atoms with Crippen LogP contribution in [0, 0.1) is 0 Å². The number of hydrogen-bond acceptors (Lipinski definition) is 6. The molecule has 2 heterocycles. The summed E-state index contributed by atoms with van der Waals surface area (Å²) in [7, 11) is 0. The Morgan fingerprint density at radius 2 is 1.44 bits per heavy atom. The maximum Gasteiger partial charge on any atom is 0.227 e. The van der Waals surface area contributed by atoms with Crippen molar-refractivity contribution < 1.29 is 4.52 Å². The third kappa shape index (κ3) is 6.13. The van der Waals surface area contributed by atoms with E-state index in [-0.39, 0.29) is 0 Å². The molecule has 0 unspecified atom stereocenters. The summed E-state index contributed by atoms with van der Waals surface area (Å²) in [5, 5.41) is 4.12. The van der Waals surface area contributed by atoms with Crippen LogP contribution in [0.1, 0.15) is 26.2 Å². The third-order valence-electron chi connectivity index (χ3n) is 5.46. The normalized spacial score (nSPS) is 18.1. The first-order valence-corrected chi connectivity index (χ1v) is 10.3. The van der Waals surface area contributed by atoms with E-state index in [9.17, 15) is 0 Å². The van der Waals surface area contributed by atoms with E-state index in [1.54, 1.807) is 0 Å². The van der Waals surface area contributed by atoms with Gasteiger partial charge in [0.15, 0.2) is 0 Å². The number of hydrogen-bond donors (Lipinski definition) is 0. The molecule has 3 rings (SSSR count). The lowest BCUT2D eigenvalue weighted by Crippen LogP contribution is -2.36. The fourth-order valence-corrected chi connectivity index (χ4v) is 3.55. The average molecular weight is 372 g/mol. The van der Waals surface area contributed by atoms with Gasteiger partial charge in [-0.05, 0) is 26.1 Å². The zero-order chi connectivity index (χ0) is 18.9. The summed E-state index contributed by atoms with van der Waals surface area (Å²) in [5.41, 5.74) is 1.01. The van der Waals surface area contributed by atoms with Crippen molar-refractivity contribution >= 4 is 0 Å². The molecule has 1 fully saturated rings. The Balaban J connectivity index is 1.49. The first kappa shape index (κ1) is 20.0. The van der Waals surface area contributed by atoms with Gasteiger partial charge in [0.25, 0.3) is 0 Å². The van der Waals surface area contributed by atoms with Gasteiger partial charge in [-0.3, -0.25) is 0 Å². The Morgan fingerprint density at radius 3 is 2.04 bits per heavy atom. The van der Waals surface area contributed by atoms with Gasteiger partial charge >= 0.3 is 0 Å². The highest BCUT2D eigenvalue weighted by Gasteiger charge is 2.15. The fourth-order valence-electron chi connectivity index (χ4n) is 3.55. The van der Waals surface area contributed by atoms with E-state index in [2.05, 4.69) is 38.7 Å². The van der Waals surface area contributed by atoms with Crippen LogP contribution in [0.3, 0.4) is 0 Å². The highest BCUT2D eigenvalue weighted by molar-refractivity contribution is 5.53. The maximum atomic E-state index is 5.45. The van der Waals surface area contributed by atoms with Crippen LogP contribution < -0.4 is 0 Å². The molecule has 0 spiro atoms. The van der Waals surface area contributed by atoms with E-state index in [0.717, 1.165) is 70.1 Å². The number of benzene rings is 1. The van der Waals surface area contributed by atoms with Gasteiger partial charge in [0.05, 0.1) is 0 Å². The summed E-state index contributed by atoms with van der Waals surface area (Å²) in [6.07, 6.45) is 1.89. The molecule has 1 aromatic carbocycles. The molecule has 0 bridgehead atoms. The summed E-state index contributed by atoms with van der Waals surface area (Å²) in [5.74, 6) is 1.43. The molecule has 1 aromatic heterocycles. The summed E-state index contributed by atoms with van der Waals surface area (Å²) in [6, 6.07) is 10.0. The van der Waals surface area contributed by atoms with Crippen molar-refractivity contribution in [3.8, 4) is 11.4 Å². The highest BCUT2D eigenvalue weighted by Crippen LogP contribution is 2.15. The van der Waals surface area contributed by atoms with Gasteiger partial charge in [-0.25, -0.2) is 0 Å². The van der Waals surface area contributed by atoms with Crippen LogP contribution in [-0.2, 0) is 6.42 Å². The molecule has 0 radical (unpaired) electrons. The minimum absolute atomic E-state index is 0.686. The molecule has 1 aliphatic rings. The van der Waals surface area contributed by atoms with E-state index >= 15 is 0 Å². The Kier molecular flexibility index (Phi) is 7.80. The summed E-state index contributed by atoms with van der Waals surface area (Å²) in [6.45, 7) is 14.8. The van der Waals surface area contributed by atoms with E-state index in [1.165, 1.54) is 13.1 Å². The van der Waals surface area contributed by atoms with Crippen molar-refractivity contribution in [1.29, 1.82) is 0 Å². The second kappa shape index (κ2) is 10.5. The predicted molar refractivity (Wildman–Crippen MR) is 109 cm³/mol. The molecule has 27 heavy (non-hydrogen) atoms. The average Bonchev–Trinajstić information content (AvgIpc) is 3.21. The predicted octanol–water partition coefficient (Wildman–Crippen LogP) is 2.63. The van der Waals surface area contributed by atoms with Crippen molar-refractivity contribution in [2.75, 3.05) is 58.9 Å². The highest BCUT2D eigenvalue weighted by atomic mass is 16.5. The molecule has 0 N–H and O–H groups in total. The van der Waals surface area contributed by atoms with Gasteiger partial charge < -0.3 is 19.2 Å². The molecule has 6 nitrogen and oxygen atoms in total. The second-order valence-electron chi connectivity index (χ2n) is 7.19. The smallest absolute Gasteiger partial charge is 0.227 e. The van der Waals surface area contributed by atoms with Gasteiger partial charge in [0.2, 0.25) is 11.7 Å². The number of aryl methyl sites for hydroxylation is 1. The largest absolute Gasteiger partial charge is 0.339 e. The lowest BCUT2D eigenvalue weighted by Gasteiger charge is -2.24. The molecule has 6 heteroatoms. The molecular formula is C21H33N5O. The fraction of sp³-hybridized carbons (Fsp3) is 0.619. The standard InChI is InChI=1S/C21H33N5O/c1-3-24-13-14-25(4-2)16-18-26(17-15-24)12-8-11-20-22-21(23-27-20)19-9-6-5-7-10-19/h5-7,9-10H,3-4,8,11-18H2,1-2H3. The number of nitrogens with zero attached hydrogens (tertiary/aromatic N) is 5. The van der Waals surface area contributed by atoms with Crippen molar-refractivity contribution in [3.63, 3.8) is 0 Å². The summed E-state index contributed by atoms with van der Waals surface area (Å²) in [4.78, 5) is 12.3. The molecule has 0 amide bonds. The van der Waals surface area contributed by atoms with E-state index in [4.69, 9.17) is 4.52 Å². The molecule has 2 aromatic rings. The SMILES string of the molecule is CCN1CCN(CC)CCN(CCCc2nc(-c3ccccc3)no2)CC1. The van der Waals surface area contributed by atoms with Gasteiger partial charge in [0.1, 0.15) is 0 Å². The van der Waals surface area contributed by atoms with Crippen molar-refractivity contribution in [2.24, 2.45) is 0 Å². The Hall–Kier alpha value is -1.76. The lowest BCUT2D eigenvalue weighted by atomic mass is 10.2. The second-order valence-corrected chi connectivity index (χ2v) is 7.19.